The molecule has 4 N–H and O–H groups in total. The number of furan rings is 1. The molecular formula is C31H33FN4O5. The molecule has 9 nitrogen and oxygen atoms in total. The van der Waals surface area contributed by atoms with Gasteiger partial charge in [-0.1, -0.05) is 24.6 Å². The predicted octanol–water partition coefficient (Wildman–Crippen LogP) is 6.04. The molecular weight excluding hydrogens is 527 g/mol. The number of anilines is 2. The highest BCUT2D eigenvalue weighted by atomic mass is 19.1. The number of halogens is 1. The average molecular weight is 561 g/mol. The predicted molar refractivity (Wildman–Crippen MR) is 154 cm³/mol. The summed E-state index contributed by atoms with van der Waals surface area (Å²) in [5.41, 5.74) is 2.39. The van der Waals surface area contributed by atoms with E-state index in [1.54, 1.807) is 12.3 Å². The first-order valence-corrected chi connectivity index (χ1v) is 13.9. The Bertz CT molecular complexity index is 1480. The number of rotatable bonds is 10. The highest BCUT2D eigenvalue weighted by Crippen LogP contribution is 2.41. The maximum absolute atomic E-state index is 15.3. The van der Waals surface area contributed by atoms with Gasteiger partial charge in [-0.15, -0.1) is 0 Å². The Morgan fingerprint density at radius 3 is 2.63 bits per heavy atom. The van der Waals surface area contributed by atoms with Crippen molar-refractivity contribution in [1.82, 2.24) is 5.32 Å². The lowest BCUT2D eigenvalue weighted by Gasteiger charge is -2.27. The largest absolute Gasteiger partial charge is 0.481 e. The van der Waals surface area contributed by atoms with Gasteiger partial charge in [0.1, 0.15) is 17.8 Å². The highest BCUT2D eigenvalue weighted by Gasteiger charge is 2.30. The van der Waals surface area contributed by atoms with Crippen LogP contribution in [0.5, 0.6) is 0 Å². The van der Waals surface area contributed by atoms with Gasteiger partial charge in [0, 0.05) is 18.2 Å². The van der Waals surface area contributed by atoms with Crippen molar-refractivity contribution < 1.29 is 28.3 Å². The number of hydrogen-bond acceptors (Lipinski definition) is 6. The first kappa shape index (κ1) is 28.1. The van der Waals surface area contributed by atoms with Crippen molar-refractivity contribution in [3.05, 3.63) is 77.0 Å². The fraction of sp³-hybridized carbons (Fsp3) is 0.355. The van der Waals surface area contributed by atoms with Crippen LogP contribution in [0.15, 0.2) is 58.1 Å². The van der Waals surface area contributed by atoms with E-state index in [0.717, 1.165) is 35.9 Å². The molecule has 10 heteroatoms. The summed E-state index contributed by atoms with van der Waals surface area (Å²) in [4.78, 5) is 42.1. The third-order valence-corrected chi connectivity index (χ3v) is 7.55. The van der Waals surface area contributed by atoms with E-state index in [2.05, 4.69) is 20.9 Å². The van der Waals surface area contributed by atoms with Crippen LogP contribution in [0.2, 0.25) is 0 Å². The lowest BCUT2D eigenvalue weighted by atomic mass is 9.85. The SMILES string of the molecule is Cc1ccccc1N=CCNc1cc(F)c(C(=O)NC2CCCC(C(=O)O)C2)cc1NC(=O)c1coc(C2CC2)c1. The minimum absolute atomic E-state index is 0.215. The molecule has 0 radical (unpaired) electrons. The number of aliphatic imine (C=N–C) groups is 1. The van der Waals surface area contributed by atoms with Crippen LogP contribution >= 0.6 is 0 Å². The van der Waals surface area contributed by atoms with Crippen molar-refractivity contribution in [2.75, 3.05) is 17.2 Å². The van der Waals surface area contributed by atoms with Crippen LogP contribution in [0, 0.1) is 18.7 Å². The van der Waals surface area contributed by atoms with Crippen molar-refractivity contribution in [1.29, 1.82) is 0 Å². The second-order valence-electron chi connectivity index (χ2n) is 10.7. The van der Waals surface area contributed by atoms with Crippen molar-refractivity contribution >= 4 is 41.1 Å². The molecule has 1 heterocycles. The molecule has 2 fully saturated rings. The van der Waals surface area contributed by atoms with E-state index in [9.17, 15) is 19.5 Å². The van der Waals surface area contributed by atoms with Gasteiger partial charge in [-0.2, -0.15) is 0 Å². The van der Waals surface area contributed by atoms with Crippen LogP contribution < -0.4 is 16.0 Å². The molecule has 0 bridgehead atoms. The van der Waals surface area contributed by atoms with Gasteiger partial charge in [0.05, 0.1) is 40.7 Å². The Hall–Kier alpha value is -4.47. The summed E-state index contributed by atoms with van der Waals surface area (Å²) in [7, 11) is 0. The van der Waals surface area contributed by atoms with Gasteiger partial charge < -0.3 is 25.5 Å². The van der Waals surface area contributed by atoms with E-state index in [0.29, 0.717) is 30.7 Å². The van der Waals surface area contributed by atoms with E-state index in [-0.39, 0.29) is 35.9 Å². The summed E-state index contributed by atoms with van der Waals surface area (Å²) < 4.78 is 20.8. The number of carboxylic acid groups (broad SMARTS) is 1. The number of aliphatic carboxylic acids is 1. The van der Waals surface area contributed by atoms with E-state index in [1.165, 1.54) is 12.3 Å². The monoisotopic (exact) mass is 560 g/mol. The Balaban J connectivity index is 1.35. The van der Waals surface area contributed by atoms with Crippen molar-refractivity contribution in [3.8, 4) is 0 Å². The third-order valence-electron chi connectivity index (χ3n) is 7.55. The number of para-hydroxylation sites is 1. The minimum atomic E-state index is -0.898. The summed E-state index contributed by atoms with van der Waals surface area (Å²) in [6.45, 7) is 2.19. The summed E-state index contributed by atoms with van der Waals surface area (Å²) >= 11 is 0. The normalized spacial score (nSPS) is 18.7. The van der Waals surface area contributed by atoms with Crippen molar-refractivity contribution in [3.63, 3.8) is 0 Å². The second kappa shape index (κ2) is 12.4. The molecule has 5 rings (SSSR count). The lowest BCUT2D eigenvalue weighted by molar-refractivity contribution is -0.143. The van der Waals surface area contributed by atoms with E-state index < -0.39 is 29.5 Å². The van der Waals surface area contributed by atoms with Crippen LogP contribution in [-0.4, -0.2) is 41.7 Å². The standard InChI is InChI=1S/C31H33FN4O5/c1-18-5-2-3-8-25(18)33-11-12-34-26-16-24(32)23(30(38)35-22-7-4-6-20(13-22)31(39)40)15-27(26)36-29(37)21-14-28(41-17-21)19-9-10-19/h2-3,5,8,11,14-17,19-20,22,34H,4,6-7,9-10,12-13H2,1H3,(H,35,38)(H,36,37)(H,39,40). The Labute approximate surface area is 237 Å². The van der Waals surface area contributed by atoms with Gasteiger partial charge in [0.25, 0.3) is 11.8 Å². The van der Waals surface area contributed by atoms with Crippen molar-refractivity contribution in [2.24, 2.45) is 10.9 Å². The van der Waals surface area contributed by atoms with Crippen molar-refractivity contribution in [2.45, 2.75) is 57.4 Å². The molecule has 0 aliphatic heterocycles. The molecule has 2 unspecified atom stereocenters. The third kappa shape index (κ3) is 7.00. The topological polar surface area (TPSA) is 133 Å². The maximum Gasteiger partial charge on any atom is 0.306 e. The maximum atomic E-state index is 15.3. The second-order valence-corrected chi connectivity index (χ2v) is 10.7. The number of aryl methyl sites for hydroxylation is 1. The fourth-order valence-corrected chi connectivity index (χ4v) is 5.06. The lowest BCUT2D eigenvalue weighted by Crippen LogP contribution is -2.40. The molecule has 2 aliphatic rings. The number of nitrogens with zero attached hydrogens (tertiary/aromatic N) is 1. The van der Waals surface area contributed by atoms with Crippen LogP contribution in [0.3, 0.4) is 0 Å². The Kier molecular flexibility index (Phi) is 8.47. The van der Waals surface area contributed by atoms with E-state index in [1.807, 2.05) is 31.2 Å². The Morgan fingerprint density at radius 2 is 1.88 bits per heavy atom. The van der Waals surface area contributed by atoms with Gasteiger partial charge in [0.2, 0.25) is 0 Å². The van der Waals surface area contributed by atoms with Gasteiger partial charge in [-0.05, 0) is 68.9 Å². The smallest absolute Gasteiger partial charge is 0.306 e. The van der Waals surface area contributed by atoms with Gasteiger partial charge in [0.15, 0.2) is 0 Å². The van der Waals surface area contributed by atoms with Crippen LogP contribution in [0.1, 0.15) is 76.5 Å². The fourth-order valence-electron chi connectivity index (χ4n) is 5.06. The summed E-state index contributed by atoms with van der Waals surface area (Å²) in [5.74, 6) is -2.24. The molecule has 214 valence electrons. The number of benzene rings is 2. The number of hydrogen-bond donors (Lipinski definition) is 4. The number of nitrogens with one attached hydrogen (secondary N) is 3. The molecule has 41 heavy (non-hydrogen) atoms. The first-order chi connectivity index (χ1) is 19.8. The van der Waals surface area contributed by atoms with Gasteiger partial charge in [-0.25, -0.2) is 4.39 Å². The minimum Gasteiger partial charge on any atom is -0.481 e. The molecule has 2 aliphatic carbocycles. The number of carbonyl (C=O) groups excluding carboxylic acids is 2. The van der Waals surface area contributed by atoms with E-state index in [4.69, 9.17) is 4.42 Å². The molecule has 0 spiro atoms. The highest BCUT2D eigenvalue weighted by molar-refractivity contribution is 6.07. The molecule has 0 saturated heterocycles. The zero-order valence-electron chi connectivity index (χ0n) is 22.8. The molecule has 2 saturated carbocycles. The number of carboxylic acids is 1. The summed E-state index contributed by atoms with van der Waals surface area (Å²) in [5, 5.41) is 18.0. The summed E-state index contributed by atoms with van der Waals surface area (Å²) in [6, 6.07) is 11.4. The Morgan fingerprint density at radius 1 is 1.07 bits per heavy atom. The molecule has 2 aromatic carbocycles. The molecule has 2 atom stereocenters. The quantitative estimate of drug-likeness (QED) is 0.223. The molecule has 1 aromatic heterocycles. The zero-order chi connectivity index (χ0) is 28.9. The molecule has 3 aromatic rings. The number of carbonyl (C=O) groups is 3. The van der Waals surface area contributed by atoms with Crippen LogP contribution in [0.4, 0.5) is 21.5 Å². The van der Waals surface area contributed by atoms with Gasteiger partial charge in [-0.3, -0.25) is 19.4 Å². The van der Waals surface area contributed by atoms with E-state index >= 15 is 4.39 Å². The molecule has 2 amide bonds. The van der Waals surface area contributed by atoms with Crippen LogP contribution in [-0.2, 0) is 4.79 Å². The zero-order valence-corrected chi connectivity index (χ0v) is 22.8. The first-order valence-electron chi connectivity index (χ1n) is 13.9. The number of amides is 2. The van der Waals surface area contributed by atoms with Gasteiger partial charge >= 0.3 is 5.97 Å². The van der Waals surface area contributed by atoms with Crippen LogP contribution in [0.25, 0.3) is 0 Å². The average Bonchev–Trinajstić information content (AvgIpc) is 3.69. The summed E-state index contributed by atoms with van der Waals surface area (Å²) in [6.07, 6.45) is 7.20.